The molecule has 1 aromatic rings. The van der Waals surface area contributed by atoms with Gasteiger partial charge < -0.3 is 15.2 Å². The predicted octanol–water partition coefficient (Wildman–Crippen LogP) is 2.99. The van der Waals surface area contributed by atoms with E-state index < -0.39 is 0 Å². The second kappa shape index (κ2) is 7.65. The summed E-state index contributed by atoms with van der Waals surface area (Å²) in [4.78, 5) is 0. The van der Waals surface area contributed by atoms with E-state index in [0.29, 0.717) is 12.5 Å². The number of hydrogen-bond acceptors (Lipinski definition) is 3. The number of para-hydroxylation sites is 1. The molecule has 1 aromatic carbocycles. The van der Waals surface area contributed by atoms with Crippen LogP contribution in [0.1, 0.15) is 39.0 Å². The Balaban J connectivity index is 1.66. The molecule has 2 rings (SSSR count). The van der Waals surface area contributed by atoms with E-state index in [1.54, 1.807) is 0 Å². The lowest BCUT2D eigenvalue weighted by Crippen LogP contribution is -2.51. The zero-order valence-corrected chi connectivity index (χ0v) is 12.5. The van der Waals surface area contributed by atoms with Gasteiger partial charge in [-0.25, -0.2) is 0 Å². The molecule has 0 spiro atoms. The second-order valence-corrected chi connectivity index (χ2v) is 6.08. The van der Waals surface area contributed by atoms with Crippen molar-refractivity contribution in [3.8, 4) is 5.75 Å². The minimum Gasteiger partial charge on any atom is -0.494 e. The Labute approximate surface area is 122 Å². The Kier molecular flexibility index (Phi) is 5.86. The van der Waals surface area contributed by atoms with Gasteiger partial charge in [-0.15, -0.1) is 0 Å². The summed E-state index contributed by atoms with van der Waals surface area (Å²) in [6, 6.07) is 9.91. The molecule has 3 nitrogen and oxygen atoms in total. The van der Waals surface area contributed by atoms with Crippen molar-refractivity contribution in [1.29, 1.82) is 0 Å². The molecule has 0 heterocycles. The van der Waals surface area contributed by atoms with Crippen molar-refractivity contribution in [2.75, 3.05) is 19.8 Å². The molecule has 1 saturated carbocycles. The monoisotopic (exact) mass is 277 g/mol. The van der Waals surface area contributed by atoms with E-state index >= 15 is 0 Å². The molecular weight excluding hydrogens is 250 g/mol. The zero-order chi connectivity index (χ0) is 14.3. The average molecular weight is 277 g/mol. The average Bonchev–Trinajstić information content (AvgIpc) is 2.48. The van der Waals surface area contributed by atoms with Gasteiger partial charge in [0.25, 0.3) is 0 Å². The first-order valence-corrected chi connectivity index (χ1v) is 7.78. The summed E-state index contributed by atoms with van der Waals surface area (Å²) in [5.41, 5.74) is -0.0512. The van der Waals surface area contributed by atoms with Crippen LogP contribution >= 0.6 is 0 Å². The normalized spacial score (nSPS) is 26.4. The van der Waals surface area contributed by atoms with E-state index in [1.807, 2.05) is 30.3 Å². The second-order valence-electron chi connectivity index (χ2n) is 6.08. The minimum absolute atomic E-state index is 0.0512. The largest absolute Gasteiger partial charge is 0.494 e. The third kappa shape index (κ3) is 4.50. The third-order valence-electron chi connectivity index (χ3n) is 4.23. The van der Waals surface area contributed by atoms with E-state index in [4.69, 9.17) is 4.74 Å². The van der Waals surface area contributed by atoms with E-state index in [1.165, 1.54) is 12.8 Å². The van der Waals surface area contributed by atoms with Gasteiger partial charge in [0, 0.05) is 5.54 Å². The van der Waals surface area contributed by atoms with Gasteiger partial charge in [-0.1, -0.05) is 38.0 Å². The lowest BCUT2D eigenvalue weighted by Gasteiger charge is -2.39. The number of benzene rings is 1. The van der Waals surface area contributed by atoms with Crippen LogP contribution in [0.2, 0.25) is 0 Å². The SMILES string of the molecule is CC1CCCC(CO)(NCCCOc2ccccc2)C1. The Morgan fingerprint density at radius 2 is 2.15 bits per heavy atom. The number of aliphatic hydroxyl groups is 1. The van der Waals surface area contributed by atoms with Gasteiger partial charge in [-0.05, 0) is 43.9 Å². The first-order chi connectivity index (χ1) is 9.74. The van der Waals surface area contributed by atoms with Crippen molar-refractivity contribution < 1.29 is 9.84 Å². The number of ether oxygens (including phenoxy) is 1. The Morgan fingerprint density at radius 1 is 1.35 bits per heavy atom. The van der Waals surface area contributed by atoms with E-state index in [0.717, 1.165) is 31.6 Å². The number of nitrogens with one attached hydrogen (secondary N) is 1. The highest BCUT2D eigenvalue weighted by atomic mass is 16.5. The number of hydrogen-bond donors (Lipinski definition) is 2. The molecule has 0 bridgehead atoms. The first kappa shape index (κ1) is 15.3. The van der Waals surface area contributed by atoms with E-state index in [2.05, 4.69) is 12.2 Å². The quantitative estimate of drug-likeness (QED) is 0.753. The van der Waals surface area contributed by atoms with Crippen LogP contribution in [0.4, 0.5) is 0 Å². The van der Waals surface area contributed by atoms with Crippen molar-refractivity contribution in [3.05, 3.63) is 30.3 Å². The fourth-order valence-corrected chi connectivity index (χ4v) is 3.15. The molecule has 0 saturated heterocycles. The fourth-order valence-electron chi connectivity index (χ4n) is 3.15. The highest BCUT2D eigenvalue weighted by Gasteiger charge is 2.33. The lowest BCUT2D eigenvalue weighted by atomic mass is 9.77. The standard InChI is InChI=1S/C17H27NO2/c1-15-7-5-10-17(13-15,14-19)18-11-6-12-20-16-8-3-2-4-9-16/h2-4,8-9,15,18-19H,5-7,10-14H2,1H3. The summed E-state index contributed by atoms with van der Waals surface area (Å²) in [6.07, 6.45) is 5.65. The number of aliphatic hydroxyl groups excluding tert-OH is 1. The Morgan fingerprint density at radius 3 is 2.85 bits per heavy atom. The molecule has 1 aliphatic rings. The lowest BCUT2D eigenvalue weighted by molar-refractivity contribution is 0.0984. The molecule has 2 unspecified atom stereocenters. The third-order valence-corrected chi connectivity index (χ3v) is 4.23. The Bertz CT molecular complexity index is 382. The molecule has 3 heteroatoms. The summed E-state index contributed by atoms with van der Waals surface area (Å²) in [6.45, 7) is 4.15. The topological polar surface area (TPSA) is 41.5 Å². The van der Waals surface area contributed by atoms with Crippen molar-refractivity contribution in [2.45, 2.75) is 44.6 Å². The van der Waals surface area contributed by atoms with Crippen molar-refractivity contribution in [1.82, 2.24) is 5.32 Å². The van der Waals surface area contributed by atoms with Crippen molar-refractivity contribution in [3.63, 3.8) is 0 Å². The summed E-state index contributed by atoms with van der Waals surface area (Å²) in [7, 11) is 0. The van der Waals surface area contributed by atoms with Crippen LogP contribution < -0.4 is 10.1 Å². The smallest absolute Gasteiger partial charge is 0.119 e. The van der Waals surface area contributed by atoms with Crippen LogP contribution in [-0.4, -0.2) is 30.4 Å². The van der Waals surface area contributed by atoms with Gasteiger partial charge >= 0.3 is 0 Å². The molecule has 1 fully saturated rings. The van der Waals surface area contributed by atoms with Crippen LogP contribution in [0.3, 0.4) is 0 Å². The summed E-state index contributed by atoms with van der Waals surface area (Å²) < 4.78 is 5.68. The Hall–Kier alpha value is -1.06. The highest BCUT2D eigenvalue weighted by Crippen LogP contribution is 2.31. The molecule has 0 aromatic heterocycles. The van der Waals surface area contributed by atoms with Crippen LogP contribution in [0.15, 0.2) is 30.3 Å². The molecular formula is C17H27NO2. The molecule has 0 radical (unpaired) electrons. The summed E-state index contributed by atoms with van der Waals surface area (Å²) >= 11 is 0. The molecule has 20 heavy (non-hydrogen) atoms. The van der Waals surface area contributed by atoms with Crippen molar-refractivity contribution >= 4 is 0 Å². The van der Waals surface area contributed by atoms with Gasteiger partial charge in [-0.2, -0.15) is 0 Å². The maximum atomic E-state index is 9.70. The maximum Gasteiger partial charge on any atom is 0.119 e. The van der Waals surface area contributed by atoms with Crippen LogP contribution in [-0.2, 0) is 0 Å². The number of rotatable bonds is 7. The van der Waals surface area contributed by atoms with E-state index in [9.17, 15) is 5.11 Å². The molecule has 2 atom stereocenters. The van der Waals surface area contributed by atoms with Crippen LogP contribution in [0.25, 0.3) is 0 Å². The molecule has 0 aliphatic heterocycles. The highest BCUT2D eigenvalue weighted by molar-refractivity contribution is 5.20. The molecule has 112 valence electrons. The van der Waals surface area contributed by atoms with E-state index in [-0.39, 0.29) is 12.1 Å². The molecule has 2 N–H and O–H groups in total. The first-order valence-electron chi connectivity index (χ1n) is 7.78. The molecule has 0 amide bonds. The van der Waals surface area contributed by atoms with Crippen molar-refractivity contribution in [2.24, 2.45) is 5.92 Å². The summed E-state index contributed by atoms with van der Waals surface area (Å²) in [5, 5.41) is 13.3. The van der Waals surface area contributed by atoms with Gasteiger partial charge in [0.15, 0.2) is 0 Å². The van der Waals surface area contributed by atoms with Gasteiger partial charge in [0.1, 0.15) is 5.75 Å². The predicted molar refractivity (Wildman–Crippen MR) is 82.0 cm³/mol. The van der Waals surface area contributed by atoms with Gasteiger partial charge in [-0.3, -0.25) is 0 Å². The maximum absolute atomic E-state index is 9.70. The van der Waals surface area contributed by atoms with Gasteiger partial charge in [0.05, 0.1) is 13.2 Å². The van der Waals surface area contributed by atoms with Gasteiger partial charge in [0.2, 0.25) is 0 Å². The minimum atomic E-state index is -0.0512. The van der Waals surface area contributed by atoms with Crippen LogP contribution in [0.5, 0.6) is 5.75 Å². The fraction of sp³-hybridized carbons (Fsp3) is 0.647. The van der Waals surface area contributed by atoms with Crippen LogP contribution in [0, 0.1) is 5.92 Å². The zero-order valence-electron chi connectivity index (χ0n) is 12.5. The molecule has 1 aliphatic carbocycles. The summed E-state index contributed by atoms with van der Waals surface area (Å²) in [5.74, 6) is 1.64.